The van der Waals surface area contributed by atoms with E-state index in [1.54, 1.807) is 6.92 Å². The maximum Gasteiger partial charge on any atom is 0.326 e. The van der Waals surface area contributed by atoms with Crippen molar-refractivity contribution in [3.8, 4) is 0 Å². The fourth-order valence-electron chi connectivity index (χ4n) is 3.05. The molecule has 2 unspecified atom stereocenters. The van der Waals surface area contributed by atoms with E-state index in [4.69, 9.17) is 4.74 Å². The number of hydrogen-bond acceptors (Lipinski definition) is 10. The molecule has 2 atom stereocenters. The zero-order chi connectivity index (χ0) is 26.2. The lowest BCUT2D eigenvalue weighted by molar-refractivity contribution is -0.756. The average Bonchev–Trinajstić information content (AvgIpc) is 2.83. The molecule has 1 aromatic carbocycles. The standard InChI is InChI=1S/C22H34N4O8S/c1-17(20(28)25(11-12-27)22(30)24(2)3)23-19(10-9-18-7-5-4-6-8-18)21(29)33-13-15-35-16-14-34-26(31)32/h4-8,17,19,23,27H,9-16H2,1-3H3. The van der Waals surface area contributed by atoms with Crippen molar-refractivity contribution in [2.75, 3.05) is 52.0 Å². The molecule has 0 saturated carbocycles. The quantitative estimate of drug-likeness (QED) is 0.141. The fraction of sp³-hybridized carbons (Fsp3) is 0.591. The number of carbonyl (C=O) groups excluding carboxylic acids is 3. The van der Waals surface area contributed by atoms with Crippen molar-refractivity contribution in [3.63, 3.8) is 0 Å². The van der Waals surface area contributed by atoms with Crippen molar-refractivity contribution in [2.24, 2.45) is 0 Å². The number of aliphatic hydroxyl groups excluding tert-OH is 1. The number of thioether (sulfide) groups is 1. The summed E-state index contributed by atoms with van der Waals surface area (Å²) in [5.74, 6) is -0.318. The van der Waals surface area contributed by atoms with Gasteiger partial charge in [0.25, 0.3) is 5.09 Å². The Labute approximate surface area is 209 Å². The molecule has 0 aliphatic rings. The van der Waals surface area contributed by atoms with Crippen LogP contribution < -0.4 is 5.32 Å². The van der Waals surface area contributed by atoms with Gasteiger partial charge in [0.2, 0.25) is 5.91 Å². The first-order valence-electron chi connectivity index (χ1n) is 11.1. The number of rotatable bonds is 16. The Morgan fingerprint density at radius 2 is 1.83 bits per heavy atom. The summed E-state index contributed by atoms with van der Waals surface area (Å²) in [4.78, 5) is 54.6. The first-order chi connectivity index (χ1) is 16.7. The lowest BCUT2D eigenvalue weighted by Crippen LogP contribution is -2.54. The molecule has 35 heavy (non-hydrogen) atoms. The summed E-state index contributed by atoms with van der Waals surface area (Å²) in [6.45, 7) is 1.02. The molecule has 0 saturated heterocycles. The smallest absolute Gasteiger partial charge is 0.326 e. The molecule has 2 N–H and O–H groups in total. The van der Waals surface area contributed by atoms with E-state index in [2.05, 4.69) is 10.2 Å². The van der Waals surface area contributed by atoms with Gasteiger partial charge < -0.3 is 19.6 Å². The molecule has 1 rings (SSSR count). The van der Waals surface area contributed by atoms with Gasteiger partial charge in [0.15, 0.2) is 0 Å². The van der Waals surface area contributed by atoms with E-state index >= 15 is 0 Å². The van der Waals surface area contributed by atoms with Gasteiger partial charge in [0, 0.05) is 25.6 Å². The van der Waals surface area contributed by atoms with Gasteiger partial charge in [-0.3, -0.25) is 19.8 Å². The van der Waals surface area contributed by atoms with E-state index < -0.39 is 35.1 Å². The number of ether oxygens (including phenoxy) is 1. The number of imide groups is 1. The van der Waals surface area contributed by atoms with Crippen LogP contribution in [0.5, 0.6) is 0 Å². The number of amides is 3. The number of aryl methyl sites for hydroxylation is 1. The van der Waals surface area contributed by atoms with E-state index in [9.17, 15) is 29.6 Å². The van der Waals surface area contributed by atoms with Crippen LogP contribution in [0.2, 0.25) is 0 Å². The highest BCUT2D eigenvalue weighted by molar-refractivity contribution is 7.99. The number of urea groups is 1. The third kappa shape index (κ3) is 11.9. The molecule has 13 heteroatoms. The Balaban J connectivity index is 2.75. The Hall–Kier alpha value is -2.90. The van der Waals surface area contributed by atoms with Gasteiger partial charge in [-0.15, -0.1) is 10.1 Å². The second kappa shape index (κ2) is 16.7. The SMILES string of the molecule is CC(NC(CCc1ccccc1)C(=O)OCCSCCO[N+](=O)[O-])C(=O)N(CCO)C(=O)N(C)C. The molecule has 0 aliphatic heterocycles. The van der Waals surface area contributed by atoms with E-state index in [1.165, 1.54) is 30.8 Å². The van der Waals surface area contributed by atoms with Crippen LogP contribution >= 0.6 is 11.8 Å². The van der Waals surface area contributed by atoms with Crippen LogP contribution in [0.3, 0.4) is 0 Å². The number of esters is 1. The van der Waals surface area contributed by atoms with Crippen LogP contribution in [0.25, 0.3) is 0 Å². The third-order valence-corrected chi connectivity index (χ3v) is 5.68. The van der Waals surface area contributed by atoms with Gasteiger partial charge in [-0.1, -0.05) is 30.3 Å². The fourth-order valence-corrected chi connectivity index (χ4v) is 3.65. The van der Waals surface area contributed by atoms with Crippen molar-refractivity contribution in [1.29, 1.82) is 0 Å². The van der Waals surface area contributed by atoms with Crippen molar-refractivity contribution in [1.82, 2.24) is 15.1 Å². The highest BCUT2D eigenvalue weighted by Crippen LogP contribution is 2.09. The molecule has 3 amide bonds. The number of carbonyl (C=O) groups is 3. The lowest BCUT2D eigenvalue weighted by atomic mass is 10.0. The summed E-state index contributed by atoms with van der Waals surface area (Å²) >= 11 is 1.34. The second-order valence-electron chi connectivity index (χ2n) is 7.69. The monoisotopic (exact) mass is 514 g/mol. The summed E-state index contributed by atoms with van der Waals surface area (Å²) in [6, 6.07) is 7.25. The van der Waals surface area contributed by atoms with Crippen LogP contribution in [-0.2, 0) is 25.6 Å². The van der Waals surface area contributed by atoms with Crippen LogP contribution in [0.1, 0.15) is 18.9 Å². The van der Waals surface area contributed by atoms with Crippen LogP contribution in [0, 0.1) is 10.1 Å². The topological polar surface area (TPSA) is 152 Å². The highest BCUT2D eigenvalue weighted by Gasteiger charge is 2.30. The van der Waals surface area contributed by atoms with Crippen molar-refractivity contribution < 1.29 is 34.2 Å². The highest BCUT2D eigenvalue weighted by atomic mass is 32.2. The molecule has 0 fully saturated rings. The summed E-state index contributed by atoms with van der Waals surface area (Å²) in [7, 11) is 3.00. The van der Waals surface area contributed by atoms with Gasteiger partial charge in [0.1, 0.15) is 19.3 Å². The number of aliphatic hydroxyl groups is 1. The van der Waals surface area contributed by atoms with E-state index in [-0.39, 0.29) is 26.4 Å². The van der Waals surface area contributed by atoms with Crippen molar-refractivity contribution in [3.05, 3.63) is 46.0 Å². The molecule has 196 valence electrons. The lowest BCUT2D eigenvalue weighted by Gasteiger charge is -2.28. The van der Waals surface area contributed by atoms with Crippen LogP contribution in [0.4, 0.5) is 4.79 Å². The van der Waals surface area contributed by atoms with Gasteiger partial charge in [-0.05, 0) is 25.3 Å². The molecule has 0 heterocycles. The number of nitrogens with zero attached hydrogens (tertiary/aromatic N) is 3. The number of benzene rings is 1. The minimum absolute atomic E-state index is 0.0531. The summed E-state index contributed by atoms with van der Waals surface area (Å²) in [5, 5.41) is 21.5. The molecule has 0 spiro atoms. The maximum atomic E-state index is 12.9. The van der Waals surface area contributed by atoms with Gasteiger partial charge in [-0.25, -0.2) is 4.79 Å². The molecule has 12 nitrogen and oxygen atoms in total. The Morgan fingerprint density at radius 1 is 1.17 bits per heavy atom. The second-order valence-corrected chi connectivity index (χ2v) is 8.92. The van der Waals surface area contributed by atoms with Gasteiger partial charge >= 0.3 is 12.0 Å². The normalized spacial score (nSPS) is 12.3. The van der Waals surface area contributed by atoms with Gasteiger partial charge in [0.05, 0.1) is 19.2 Å². The Morgan fingerprint density at radius 3 is 2.43 bits per heavy atom. The molecule has 0 aromatic heterocycles. The Kier molecular flexibility index (Phi) is 14.4. The number of nitrogens with one attached hydrogen (secondary N) is 1. The molecule has 1 aromatic rings. The van der Waals surface area contributed by atoms with E-state index in [0.717, 1.165) is 10.5 Å². The van der Waals surface area contributed by atoms with Crippen molar-refractivity contribution >= 4 is 29.7 Å². The van der Waals surface area contributed by atoms with Crippen LogP contribution in [-0.4, -0.2) is 102 Å². The largest absolute Gasteiger partial charge is 0.464 e. The summed E-state index contributed by atoms with van der Waals surface area (Å²) in [5.41, 5.74) is 1.01. The number of hydrogen-bond donors (Lipinski definition) is 2. The minimum Gasteiger partial charge on any atom is -0.464 e. The van der Waals surface area contributed by atoms with E-state index in [1.807, 2.05) is 30.3 Å². The predicted octanol–water partition coefficient (Wildman–Crippen LogP) is 0.953. The predicted molar refractivity (Wildman–Crippen MR) is 130 cm³/mol. The molecule has 0 radical (unpaired) electrons. The maximum absolute atomic E-state index is 12.9. The van der Waals surface area contributed by atoms with Crippen LogP contribution in [0.15, 0.2) is 30.3 Å². The average molecular weight is 515 g/mol. The molecular weight excluding hydrogens is 480 g/mol. The zero-order valence-electron chi connectivity index (χ0n) is 20.3. The minimum atomic E-state index is -0.896. The first-order valence-corrected chi connectivity index (χ1v) is 12.3. The summed E-state index contributed by atoms with van der Waals surface area (Å²) in [6.07, 6.45) is 0.907. The molecular formula is C22H34N4O8S. The zero-order valence-corrected chi connectivity index (χ0v) is 21.1. The summed E-state index contributed by atoms with van der Waals surface area (Å²) < 4.78 is 5.36. The van der Waals surface area contributed by atoms with Crippen molar-refractivity contribution in [2.45, 2.75) is 31.8 Å². The molecule has 0 aliphatic carbocycles. The third-order valence-electron chi connectivity index (χ3n) is 4.77. The Bertz CT molecular complexity index is 812. The first kappa shape index (κ1) is 30.1. The van der Waals surface area contributed by atoms with E-state index in [0.29, 0.717) is 24.3 Å². The van der Waals surface area contributed by atoms with Gasteiger partial charge in [-0.2, -0.15) is 11.8 Å². The molecule has 0 bridgehead atoms.